The van der Waals surface area contributed by atoms with Crippen LogP contribution in [0.2, 0.25) is 0 Å². The van der Waals surface area contributed by atoms with Gasteiger partial charge in [0, 0.05) is 28.0 Å². The van der Waals surface area contributed by atoms with Crippen molar-refractivity contribution in [1.82, 2.24) is 4.68 Å². The Bertz CT molecular complexity index is 972. The van der Waals surface area contributed by atoms with Crippen LogP contribution in [0.15, 0.2) is 68.5 Å². The van der Waals surface area contributed by atoms with E-state index in [1.807, 2.05) is 53.4 Å². The summed E-state index contributed by atoms with van der Waals surface area (Å²) in [6.45, 7) is 1.88. The second-order valence-electron chi connectivity index (χ2n) is 5.15. The third-order valence-corrected chi connectivity index (χ3v) is 4.94. The molecule has 0 saturated carbocycles. The molecule has 6 heteroatoms. The summed E-state index contributed by atoms with van der Waals surface area (Å²) in [5.74, 6) is 0.216. The van der Waals surface area contributed by atoms with E-state index in [0.717, 1.165) is 26.2 Å². The van der Waals surface area contributed by atoms with Crippen molar-refractivity contribution in [1.29, 1.82) is 0 Å². The van der Waals surface area contributed by atoms with Crippen molar-refractivity contribution < 1.29 is 5.11 Å². The Kier molecular flexibility index (Phi) is 4.97. The molecule has 122 valence electrons. The van der Waals surface area contributed by atoms with Gasteiger partial charge < -0.3 is 5.11 Å². The number of thiazole rings is 1. The van der Waals surface area contributed by atoms with Gasteiger partial charge in [0.1, 0.15) is 5.75 Å². The minimum Gasteiger partial charge on any atom is -0.507 e. The van der Waals surface area contributed by atoms with E-state index in [-0.39, 0.29) is 5.75 Å². The molecule has 0 atom stereocenters. The smallest absolute Gasteiger partial charge is 0.205 e. The molecule has 4 nitrogen and oxygen atoms in total. The number of aromatic hydroxyl groups is 1. The Morgan fingerprint density at radius 3 is 2.67 bits per heavy atom. The number of hydrogen-bond donors (Lipinski definition) is 1. The van der Waals surface area contributed by atoms with Gasteiger partial charge in [-0.2, -0.15) is 5.10 Å². The third-order valence-electron chi connectivity index (χ3n) is 3.54. The predicted octanol–water partition coefficient (Wildman–Crippen LogP) is 4.49. The van der Waals surface area contributed by atoms with E-state index < -0.39 is 0 Å². The molecule has 0 spiro atoms. The van der Waals surface area contributed by atoms with Gasteiger partial charge in [-0.15, -0.1) is 11.3 Å². The predicted molar refractivity (Wildman–Crippen MR) is 103 cm³/mol. The fourth-order valence-electron chi connectivity index (χ4n) is 2.38. The number of hydrogen-bond acceptors (Lipinski definition) is 4. The maximum atomic E-state index is 10.0. The molecule has 1 heterocycles. The summed E-state index contributed by atoms with van der Waals surface area (Å²) in [5.41, 5.74) is 3.43. The van der Waals surface area contributed by atoms with E-state index >= 15 is 0 Å². The average Bonchev–Trinajstić information content (AvgIpc) is 2.97. The highest BCUT2D eigenvalue weighted by atomic mass is 79.9. The van der Waals surface area contributed by atoms with Gasteiger partial charge in [-0.1, -0.05) is 40.2 Å². The molecule has 0 amide bonds. The van der Waals surface area contributed by atoms with Gasteiger partial charge in [-0.3, -0.25) is 4.99 Å². The zero-order valence-corrected chi connectivity index (χ0v) is 15.7. The van der Waals surface area contributed by atoms with Crippen LogP contribution in [0, 0.1) is 0 Å². The van der Waals surface area contributed by atoms with Crippen LogP contribution in [0.5, 0.6) is 5.75 Å². The second-order valence-corrected chi connectivity index (χ2v) is 6.90. The standard InChI is InChI=1S/C18H16BrN3OS/c1-12(15-8-3-4-9-17(15)23)21-22-16(11-24-18(22)20-2)13-6-5-7-14(19)10-13/h3-11,23H,1-2H3. The Morgan fingerprint density at radius 1 is 1.17 bits per heavy atom. The number of rotatable bonds is 3. The van der Waals surface area contributed by atoms with Gasteiger partial charge in [0.2, 0.25) is 4.80 Å². The molecule has 0 aliphatic heterocycles. The van der Waals surface area contributed by atoms with Crippen molar-refractivity contribution in [2.45, 2.75) is 6.92 Å². The van der Waals surface area contributed by atoms with Crippen LogP contribution < -0.4 is 4.80 Å². The largest absolute Gasteiger partial charge is 0.507 e. The van der Waals surface area contributed by atoms with E-state index in [9.17, 15) is 5.11 Å². The Hall–Kier alpha value is -2.18. The number of nitrogens with zero attached hydrogens (tertiary/aromatic N) is 3. The zero-order chi connectivity index (χ0) is 17.1. The first-order valence-corrected chi connectivity index (χ1v) is 9.00. The van der Waals surface area contributed by atoms with E-state index in [1.54, 1.807) is 19.2 Å². The number of phenols is 1. The SMILES string of the molecule is CN=c1scc(-c2cccc(Br)c2)n1N=C(C)c1ccccc1O. The van der Waals surface area contributed by atoms with Crippen molar-refractivity contribution >= 4 is 33.0 Å². The summed E-state index contributed by atoms with van der Waals surface area (Å²) >= 11 is 5.04. The second kappa shape index (κ2) is 7.15. The lowest BCUT2D eigenvalue weighted by molar-refractivity contribution is 0.474. The van der Waals surface area contributed by atoms with Crippen LogP contribution in [0.25, 0.3) is 11.3 Å². The summed E-state index contributed by atoms with van der Waals surface area (Å²) < 4.78 is 2.82. The van der Waals surface area contributed by atoms with E-state index in [0.29, 0.717) is 5.56 Å². The molecular weight excluding hydrogens is 386 g/mol. The Morgan fingerprint density at radius 2 is 1.96 bits per heavy atom. The number of aromatic nitrogens is 1. The lowest BCUT2D eigenvalue weighted by Crippen LogP contribution is -2.13. The van der Waals surface area contributed by atoms with Gasteiger partial charge in [0.25, 0.3) is 0 Å². The summed E-state index contributed by atoms with van der Waals surface area (Å²) in [6, 6.07) is 15.2. The molecular formula is C18H16BrN3OS. The zero-order valence-electron chi connectivity index (χ0n) is 13.3. The third kappa shape index (κ3) is 3.34. The molecule has 1 N–H and O–H groups in total. The fourth-order valence-corrected chi connectivity index (χ4v) is 3.57. The van der Waals surface area contributed by atoms with Crippen molar-refractivity contribution in [3.63, 3.8) is 0 Å². The highest BCUT2D eigenvalue weighted by Gasteiger charge is 2.10. The first-order valence-electron chi connectivity index (χ1n) is 7.33. The summed E-state index contributed by atoms with van der Waals surface area (Å²) in [6.07, 6.45) is 0. The van der Waals surface area contributed by atoms with Crippen LogP contribution in [-0.2, 0) is 0 Å². The molecule has 0 aliphatic carbocycles. The van der Waals surface area contributed by atoms with Gasteiger partial charge in [0.15, 0.2) is 0 Å². The van der Waals surface area contributed by atoms with Crippen molar-refractivity contribution in [3.05, 3.63) is 68.7 Å². The fraction of sp³-hybridized carbons (Fsp3) is 0.111. The molecule has 24 heavy (non-hydrogen) atoms. The topological polar surface area (TPSA) is 49.9 Å². The first-order chi connectivity index (χ1) is 11.6. The molecule has 0 saturated heterocycles. The molecule has 0 unspecified atom stereocenters. The summed E-state index contributed by atoms with van der Waals surface area (Å²) in [4.78, 5) is 5.10. The highest BCUT2D eigenvalue weighted by molar-refractivity contribution is 9.10. The quantitative estimate of drug-likeness (QED) is 0.645. The summed E-state index contributed by atoms with van der Waals surface area (Å²) in [5, 5.41) is 16.8. The molecule has 1 aromatic heterocycles. The van der Waals surface area contributed by atoms with Crippen molar-refractivity contribution in [3.8, 4) is 17.0 Å². The van der Waals surface area contributed by atoms with Crippen LogP contribution in [0.3, 0.4) is 0 Å². The molecule has 3 rings (SSSR count). The normalized spacial score (nSPS) is 12.6. The molecule has 3 aromatic rings. The Balaban J connectivity index is 2.16. The van der Waals surface area contributed by atoms with Gasteiger partial charge in [-0.25, -0.2) is 4.68 Å². The number of benzene rings is 2. The molecule has 0 fully saturated rings. The average molecular weight is 402 g/mol. The van der Waals surface area contributed by atoms with E-state index in [4.69, 9.17) is 5.10 Å². The van der Waals surface area contributed by atoms with Gasteiger partial charge in [0.05, 0.1) is 11.4 Å². The van der Waals surface area contributed by atoms with Crippen LogP contribution in [0.1, 0.15) is 12.5 Å². The van der Waals surface area contributed by atoms with Gasteiger partial charge in [-0.05, 0) is 31.2 Å². The first kappa shape index (κ1) is 16.7. The molecule has 0 radical (unpaired) electrons. The maximum Gasteiger partial charge on any atom is 0.205 e. The van der Waals surface area contributed by atoms with E-state index in [2.05, 4.69) is 20.9 Å². The minimum absolute atomic E-state index is 0.216. The van der Waals surface area contributed by atoms with E-state index in [1.165, 1.54) is 11.3 Å². The Labute approximate surface area is 152 Å². The molecule has 0 bridgehead atoms. The molecule has 2 aromatic carbocycles. The van der Waals surface area contributed by atoms with Crippen molar-refractivity contribution in [2.24, 2.45) is 10.1 Å². The lowest BCUT2D eigenvalue weighted by atomic mass is 10.1. The minimum atomic E-state index is 0.216. The monoisotopic (exact) mass is 401 g/mol. The number of para-hydroxylation sites is 1. The van der Waals surface area contributed by atoms with Crippen LogP contribution >= 0.6 is 27.3 Å². The van der Waals surface area contributed by atoms with Crippen LogP contribution in [0.4, 0.5) is 0 Å². The van der Waals surface area contributed by atoms with Gasteiger partial charge >= 0.3 is 0 Å². The maximum absolute atomic E-state index is 10.0. The molecule has 0 aliphatic rings. The summed E-state index contributed by atoms with van der Waals surface area (Å²) in [7, 11) is 1.75. The van der Waals surface area contributed by atoms with Crippen molar-refractivity contribution in [2.75, 3.05) is 7.05 Å². The lowest BCUT2D eigenvalue weighted by Gasteiger charge is -2.07. The number of halogens is 1. The highest BCUT2D eigenvalue weighted by Crippen LogP contribution is 2.24. The van der Waals surface area contributed by atoms with Crippen LogP contribution in [-0.4, -0.2) is 22.5 Å². The number of phenolic OH excluding ortho intramolecular Hbond substituents is 1.